The molecule has 1 unspecified atom stereocenters. The average Bonchev–Trinajstić information content (AvgIpc) is 2.28. The Morgan fingerprint density at radius 3 is 2.44 bits per heavy atom. The number of hydrogen-bond acceptors (Lipinski definition) is 2. The van der Waals surface area contributed by atoms with Gasteiger partial charge in [-0.1, -0.05) is 56.4 Å². The molecule has 1 atom stereocenters. The highest BCUT2D eigenvalue weighted by Crippen LogP contribution is 2.06. The highest BCUT2D eigenvalue weighted by Gasteiger charge is 2.16. The molecular formula is C14H20N2OS. The van der Waals surface area contributed by atoms with Gasteiger partial charge in [0.1, 0.15) is 0 Å². The van der Waals surface area contributed by atoms with Crippen LogP contribution in [0.5, 0.6) is 0 Å². The first-order valence-electron chi connectivity index (χ1n) is 6.11. The van der Waals surface area contributed by atoms with Crippen LogP contribution in [0.3, 0.4) is 0 Å². The van der Waals surface area contributed by atoms with Crippen molar-refractivity contribution in [2.45, 2.75) is 32.7 Å². The number of amides is 1. The largest absolute Gasteiger partial charge is 0.392 e. The monoisotopic (exact) mass is 264 g/mol. The maximum Gasteiger partial charge on any atom is 0.224 e. The van der Waals surface area contributed by atoms with Crippen LogP contribution in [0.4, 0.5) is 0 Å². The zero-order valence-corrected chi connectivity index (χ0v) is 11.7. The van der Waals surface area contributed by atoms with E-state index in [1.54, 1.807) is 0 Å². The van der Waals surface area contributed by atoms with Gasteiger partial charge in [0.15, 0.2) is 0 Å². The van der Waals surface area contributed by atoms with Crippen LogP contribution >= 0.6 is 12.2 Å². The van der Waals surface area contributed by atoms with E-state index in [1.165, 1.54) is 0 Å². The molecule has 1 amide bonds. The Hall–Kier alpha value is -1.42. The number of hydrogen-bond donors (Lipinski definition) is 2. The van der Waals surface area contributed by atoms with Crippen LogP contribution in [-0.2, 0) is 11.2 Å². The molecule has 0 spiro atoms. The number of thiocarbonyl (C=S) groups is 1. The van der Waals surface area contributed by atoms with Crippen molar-refractivity contribution >= 4 is 23.1 Å². The van der Waals surface area contributed by atoms with E-state index in [4.69, 9.17) is 18.0 Å². The van der Waals surface area contributed by atoms with Gasteiger partial charge >= 0.3 is 0 Å². The number of carbonyl (C=O) groups is 1. The van der Waals surface area contributed by atoms with E-state index >= 15 is 0 Å². The van der Waals surface area contributed by atoms with Crippen LogP contribution in [0.1, 0.15) is 25.8 Å². The summed E-state index contributed by atoms with van der Waals surface area (Å²) < 4.78 is 0. The quantitative estimate of drug-likeness (QED) is 0.773. The minimum absolute atomic E-state index is 0.0420. The number of nitrogens with one attached hydrogen (secondary N) is 1. The maximum absolute atomic E-state index is 11.9. The van der Waals surface area contributed by atoms with Crippen molar-refractivity contribution in [1.82, 2.24) is 5.32 Å². The Morgan fingerprint density at radius 1 is 1.33 bits per heavy atom. The van der Waals surface area contributed by atoms with Gasteiger partial charge in [0.25, 0.3) is 0 Å². The second-order valence-corrected chi connectivity index (χ2v) is 5.29. The van der Waals surface area contributed by atoms with Crippen molar-refractivity contribution in [3.8, 4) is 0 Å². The third-order valence-electron chi connectivity index (χ3n) is 2.59. The number of benzene rings is 1. The molecule has 0 saturated carbocycles. The van der Waals surface area contributed by atoms with Crippen LogP contribution in [-0.4, -0.2) is 16.9 Å². The minimum atomic E-state index is -0.212. The molecule has 0 radical (unpaired) electrons. The van der Waals surface area contributed by atoms with Crippen molar-refractivity contribution in [3.63, 3.8) is 0 Å². The topological polar surface area (TPSA) is 55.1 Å². The van der Waals surface area contributed by atoms with Crippen LogP contribution in [0.2, 0.25) is 0 Å². The van der Waals surface area contributed by atoms with Gasteiger partial charge in [0, 0.05) is 0 Å². The smallest absolute Gasteiger partial charge is 0.224 e. The van der Waals surface area contributed by atoms with Crippen molar-refractivity contribution in [1.29, 1.82) is 0 Å². The SMILES string of the molecule is CC(C)CC(NC(=O)Cc1ccccc1)C(N)=S. The van der Waals surface area contributed by atoms with Gasteiger partial charge in [-0.15, -0.1) is 0 Å². The van der Waals surface area contributed by atoms with Crippen molar-refractivity contribution in [3.05, 3.63) is 35.9 Å². The average molecular weight is 264 g/mol. The zero-order chi connectivity index (χ0) is 13.5. The minimum Gasteiger partial charge on any atom is -0.392 e. The summed E-state index contributed by atoms with van der Waals surface area (Å²) in [4.78, 5) is 12.2. The van der Waals surface area contributed by atoms with Gasteiger partial charge in [-0.3, -0.25) is 4.79 Å². The molecule has 3 N–H and O–H groups in total. The first-order chi connectivity index (χ1) is 8.49. The van der Waals surface area contributed by atoms with Gasteiger partial charge in [0.2, 0.25) is 5.91 Å². The van der Waals surface area contributed by atoms with Gasteiger partial charge in [-0.05, 0) is 17.9 Å². The second kappa shape index (κ2) is 7.11. The summed E-state index contributed by atoms with van der Waals surface area (Å²) in [5.41, 5.74) is 6.63. The summed E-state index contributed by atoms with van der Waals surface area (Å²) in [7, 11) is 0. The lowest BCUT2D eigenvalue weighted by atomic mass is 10.0. The molecule has 0 heterocycles. The number of nitrogens with two attached hydrogens (primary N) is 1. The standard InChI is InChI=1S/C14H20N2OS/c1-10(2)8-12(14(15)18)16-13(17)9-11-6-4-3-5-7-11/h3-7,10,12H,8-9H2,1-2H3,(H2,15,18)(H,16,17). The molecule has 0 fully saturated rings. The molecule has 0 saturated heterocycles. The lowest BCUT2D eigenvalue weighted by molar-refractivity contribution is -0.120. The Morgan fingerprint density at radius 2 is 1.94 bits per heavy atom. The number of carbonyl (C=O) groups excluding carboxylic acids is 1. The predicted molar refractivity (Wildman–Crippen MR) is 78.3 cm³/mol. The Labute approximate surface area is 114 Å². The predicted octanol–water partition coefficient (Wildman–Crippen LogP) is 2.05. The number of rotatable bonds is 6. The molecule has 0 aromatic heterocycles. The molecule has 0 aliphatic rings. The molecule has 0 aliphatic heterocycles. The van der Waals surface area contributed by atoms with Gasteiger partial charge < -0.3 is 11.1 Å². The van der Waals surface area contributed by atoms with Crippen LogP contribution in [0, 0.1) is 5.92 Å². The molecule has 0 aliphatic carbocycles. The summed E-state index contributed by atoms with van der Waals surface area (Å²) in [5.74, 6) is 0.396. The Bertz CT molecular complexity index is 404. The summed E-state index contributed by atoms with van der Waals surface area (Å²) in [6.07, 6.45) is 1.13. The molecule has 3 nitrogen and oxygen atoms in total. The fraction of sp³-hybridized carbons (Fsp3) is 0.429. The first kappa shape index (κ1) is 14.6. The summed E-state index contributed by atoms with van der Waals surface area (Å²) in [6, 6.07) is 9.41. The summed E-state index contributed by atoms with van der Waals surface area (Å²) >= 11 is 4.98. The third-order valence-corrected chi connectivity index (χ3v) is 2.88. The van der Waals surface area contributed by atoms with E-state index in [1.807, 2.05) is 30.3 Å². The van der Waals surface area contributed by atoms with E-state index in [0.29, 0.717) is 17.3 Å². The van der Waals surface area contributed by atoms with E-state index in [2.05, 4.69) is 19.2 Å². The summed E-state index contributed by atoms with van der Waals surface area (Å²) in [5, 5.41) is 2.89. The molecule has 1 aromatic carbocycles. The van der Waals surface area contributed by atoms with Crippen molar-refractivity contribution < 1.29 is 4.79 Å². The first-order valence-corrected chi connectivity index (χ1v) is 6.52. The highest BCUT2D eigenvalue weighted by atomic mass is 32.1. The molecular weight excluding hydrogens is 244 g/mol. The maximum atomic E-state index is 11.9. The molecule has 1 aromatic rings. The fourth-order valence-corrected chi connectivity index (χ4v) is 1.90. The van der Waals surface area contributed by atoms with E-state index in [-0.39, 0.29) is 11.9 Å². The highest BCUT2D eigenvalue weighted by molar-refractivity contribution is 7.80. The Balaban J connectivity index is 2.54. The second-order valence-electron chi connectivity index (χ2n) is 4.81. The van der Waals surface area contributed by atoms with E-state index in [0.717, 1.165) is 12.0 Å². The Kier molecular flexibility index (Phi) is 5.78. The third kappa shape index (κ3) is 5.27. The van der Waals surface area contributed by atoms with E-state index in [9.17, 15) is 4.79 Å². The van der Waals surface area contributed by atoms with Crippen LogP contribution < -0.4 is 11.1 Å². The molecule has 0 bridgehead atoms. The lowest BCUT2D eigenvalue weighted by Crippen LogP contribution is -2.44. The zero-order valence-electron chi connectivity index (χ0n) is 10.8. The molecule has 1 rings (SSSR count). The van der Waals surface area contributed by atoms with Crippen molar-refractivity contribution in [2.24, 2.45) is 11.7 Å². The molecule has 18 heavy (non-hydrogen) atoms. The van der Waals surface area contributed by atoms with Gasteiger partial charge in [-0.25, -0.2) is 0 Å². The van der Waals surface area contributed by atoms with Gasteiger partial charge in [0.05, 0.1) is 17.5 Å². The van der Waals surface area contributed by atoms with Crippen molar-refractivity contribution in [2.75, 3.05) is 0 Å². The van der Waals surface area contributed by atoms with Gasteiger partial charge in [-0.2, -0.15) is 0 Å². The fourth-order valence-electron chi connectivity index (χ4n) is 1.74. The van der Waals surface area contributed by atoms with Crippen LogP contribution in [0.15, 0.2) is 30.3 Å². The normalized spacial score (nSPS) is 12.2. The summed E-state index contributed by atoms with van der Waals surface area (Å²) in [6.45, 7) is 4.16. The lowest BCUT2D eigenvalue weighted by Gasteiger charge is -2.19. The van der Waals surface area contributed by atoms with E-state index < -0.39 is 0 Å². The van der Waals surface area contributed by atoms with Crippen LogP contribution in [0.25, 0.3) is 0 Å². The molecule has 4 heteroatoms. The molecule has 98 valence electrons.